The van der Waals surface area contributed by atoms with E-state index in [9.17, 15) is 18.0 Å². The second kappa shape index (κ2) is 10.3. The molecule has 1 aliphatic rings. The highest BCUT2D eigenvalue weighted by Crippen LogP contribution is 2.27. The van der Waals surface area contributed by atoms with E-state index in [1.807, 2.05) is 0 Å². The van der Waals surface area contributed by atoms with Gasteiger partial charge in [-0.3, -0.25) is 4.79 Å². The largest absolute Gasteiger partial charge is 0.495 e. The monoisotopic (exact) mass is 480 g/mol. The zero-order chi connectivity index (χ0) is 23.3. The molecule has 1 fully saturated rings. The summed E-state index contributed by atoms with van der Waals surface area (Å²) in [6, 6.07) is 9.06. The number of esters is 1. The zero-order valence-corrected chi connectivity index (χ0v) is 19.5. The minimum atomic E-state index is -3.71. The highest BCUT2D eigenvalue weighted by atomic mass is 35.5. The molecule has 1 saturated heterocycles. The van der Waals surface area contributed by atoms with E-state index in [1.54, 1.807) is 25.1 Å². The van der Waals surface area contributed by atoms with E-state index in [4.69, 9.17) is 21.1 Å². The van der Waals surface area contributed by atoms with Gasteiger partial charge in [0.05, 0.1) is 22.6 Å². The van der Waals surface area contributed by atoms with Gasteiger partial charge in [-0.15, -0.1) is 0 Å². The number of nitrogens with zero attached hydrogens (tertiary/aromatic N) is 1. The van der Waals surface area contributed by atoms with E-state index < -0.39 is 28.5 Å². The maximum atomic E-state index is 13.0. The first kappa shape index (κ1) is 24.0. The van der Waals surface area contributed by atoms with Crippen LogP contribution in [0.15, 0.2) is 41.3 Å². The van der Waals surface area contributed by atoms with Gasteiger partial charge < -0.3 is 14.8 Å². The number of rotatable bonds is 7. The van der Waals surface area contributed by atoms with Crippen LogP contribution in [0.4, 0.5) is 5.69 Å². The van der Waals surface area contributed by atoms with Crippen LogP contribution in [-0.2, 0) is 19.6 Å². The number of nitrogens with one attached hydrogen (secondary N) is 1. The molecule has 0 radical (unpaired) electrons. The van der Waals surface area contributed by atoms with Crippen molar-refractivity contribution >= 4 is 39.2 Å². The van der Waals surface area contributed by atoms with Gasteiger partial charge in [0.2, 0.25) is 10.0 Å². The molecule has 1 amide bonds. The summed E-state index contributed by atoms with van der Waals surface area (Å²) in [5.41, 5.74) is 1.02. The predicted molar refractivity (Wildman–Crippen MR) is 121 cm³/mol. The Labute approximate surface area is 192 Å². The Hall–Kier alpha value is -2.62. The zero-order valence-electron chi connectivity index (χ0n) is 17.9. The third kappa shape index (κ3) is 5.59. The van der Waals surface area contributed by atoms with Crippen molar-refractivity contribution in [1.29, 1.82) is 0 Å². The Morgan fingerprint density at radius 2 is 1.81 bits per heavy atom. The van der Waals surface area contributed by atoms with Crippen molar-refractivity contribution in [1.82, 2.24) is 4.31 Å². The molecule has 3 rings (SSSR count). The van der Waals surface area contributed by atoms with Crippen LogP contribution < -0.4 is 10.1 Å². The predicted octanol–water partition coefficient (Wildman–Crippen LogP) is 3.63. The number of carbonyl (C=O) groups is 2. The molecular weight excluding hydrogens is 456 g/mol. The number of methoxy groups -OCH3 is 1. The van der Waals surface area contributed by atoms with Gasteiger partial charge in [-0.25, -0.2) is 13.2 Å². The van der Waals surface area contributed by atoms with Crippen molar-refractivity contribution in [3.05, 3.63) is 52.5 Å². The molecule has 0 bridgehead atoms. The van der Waals surface area contributed by atoms with Crippen LogP contribution in [0.1, 0.15) is 35.2 Å². The minimum absolute atomic E-state index is 0.0616. The summed E-state index contributed by atoms with van der Waals surface area (Å²) in [4.78, 5) is 24.7. The van der Waals surface area contributed by atoms with Crippen molar-refractivity contribution < 1.29 is 27.5 Å². The lowest BCUT2D eigenvalue weighted by molar-refractivity contribution is -0.119. The lowest BCUT2D eigenvalue weighted by Crippen LogP contribution is -2.36. The van der Waals surface area contributed by atoms with Crippen LogP contribution in [0.3, 0.4) is 0 Å². The van der Waals surface area contributed by atoms with Gasteiger partial charge >= 0.3 is 5.97 Å². The summed E-state index contributed by atoms with van der Waals surface area (Å²) in [5, 5.41) is 2.89. The summed E-state index contributed by atoms with van der Waals surface area (Å²) in [7, 11) is -2.23. The molecule has 0 spiro atoms. The van der Waals surface area contributed by atoms with Gasteiger partial charge in [0, 0.05) is 18.8 Å². The first-order valence-electron chi connectivity index (χ1n) is 10.1. The molecule has 0 saturated carbocycles. The summed E-state index contributed by atoms with van der Waals surface area (Å²) in [6.45, 7) is 2.07. The van der Waals surface area contributed by atoms with Crippen LogP contribution >= 0.6 is 11.6 Å². The highest BCUT2D eigenvalue weighted by Gasteiger charge is 2.28. The smallest absolute Gasteiger partial charge is 0.338 e. The number of benzene rings is 2. The number of carbonyl (C=O) groups excluding carboxylic acids is 2. The second-order valence-electron chi connectivity index (χ2n) is 7.42. The lowest BCUT2D eigenvalue weighted by atomic mass is 10.1. The van der Waals surface area contributed by atoms with Crippen LogP contribution in [-0.4, -0.2) is 51.4 Å². The Balaban J connectivity index is 1.66. The average Bonchev–Trinajstić information content (AvgIpc) is 2.78. The number of aryl methyl sites for hydroxylation is 1. The number of hydrogen-bond donors (Lipinski definition) is 1. The standard InChI is InChI=1S/C22H25ClN2O6S/c1-15-6-7-16(12-20(15)32(28,29)25-10-4-3-5-11-25)22(27)31-14-21(26)24-17-8-9-19(30-2)18(23)13-17/h6-9,12-13H,3-5,10-11,14H2,1-2H3,(H,24,26). The maximum absolute atomic E-state index is 13.0. The van der Waals surface area contributed by atoms with Gasteiger partial charge in [-0.2, -0.15) is 4.31 Å². The van der Waals surface area contributed by atoms with Crippen LogP contribution in [0.5, 0.6) is 5.75 Å². The number of hydrogen-bond acceptors (Lipinski definition) is 6. The number of ether oxygens (including phenoxy) is 2. The fraction of sp³-hybridized carbons (Fsp3) is 0.364. The summed E-state index contributed by atoms with van der Waals surface area (Å²) < 4.78 is 37.6. The maximum Gasteiger partial charge on any atom is 0.338 e. The Morgan fingerprint density at radius 1 is 1.09 bits per heavy atom. The van der Waals surface area contributed by atoms with Gasteiger partial charge in [-0.1, -0.05) is 24.1 Å². The number of halogens is 1. The number of amides is 1. The molecule has 1 aliphatic heterocycles. The summed E-state index contributed by atoms with van der Waals surface area (Å²) in [6.07, 6.45) is 2.63. The molecule has 10 heteroatoms. The fourth-order valence-electron chi connectivity index (χ4n) is 3.40. The summed E-state index contributed by atoms with van der Waals surface area (Å²) >= 11 is 6.03. The first-order valence-corrected chi connectivity index (χ1v) is 12.0. The van der Waals surface area contributed by atoms with Crippen molar-refractivity contribution in [3.8, 4) is 5.75 Å². The number of anilines is 1. The number of sulfonamides is 1. The van der Waals surface area contributed by atoms with E-state index in [-0.39, 0.29) is 10.5 Å². The van der Waals surface area contributed by atoms with Gasteiger partial charge in [-0.05, 0) is 55.7 Å². The Bertz CT molecular complexity index is 1110. The Morgan fingerprint density at radius 3 is 2.47 bits per heavy atom. The van der Waals surface area contributed by atoms with Gasteiger partial charge in [0.15, 0.2) is 6.61 Å². The fourth-order valence-corrected chi connectivity index (χ4v) is 5.43. The van der Waals surface area contributed by atoms with Crippen LogP contribution in [0, 0.1) is 6.92 Å². The molecule has 8 nitrogen and oxygen atoms in total. The van der Waals surface area contributed by atoms with Crippen LogP contribution in [0.25, 0.3) is 0 Å². The normalized spacial score (nSPS) is 14.6. The number of piperidine rings is 1. The van der Waals surface area contributed by atoms with Crippen molar-refractivity contribution in [2.45, 2.75) is 31.1 Å². The van der Waals surface area contributed by atoms with Crippen molar-refractivity contribution in [2.75, 3.05) is 32.1 Å². The van der Waals surface area contributed by atoms with E-state index in [1.165, 1.54) is 29.6 Å². The topological polar surface area (TPSA) is 102 Å². The van der Waals surface area contributed by atoms with E-state index in [0.29, 0.717) is 35.1 Å². The molecule has 0 unspecified atom stereocenters. The highest BCUT2D eigenvalue weighted by molar-refractivity contribution is 7.89. The molecule has 32 heavy (non-hydrogen) atoms. The molecular formula is C22H25ClN2O6S. The van der Waals surface area contributed by atoms with Crippen molar-refractivity contribution in [3.63, 3.8) is 0 Å². The molecule has 0 aromatic heterocycles. The molecule has 1 N–H and O–H groups in total. The second-order valence-corrected chi connectivity index (χ2v) is 9.73. The lowest BCUT2D eigenvalue weighted by Gasteiger charge is -2.26. The van der Waals surface area contributed by atoms with E-state index >= 15 is 0 Å². The third-order valence-electron chi connectivity index (χ3n) is 5.13. The first-order chi connectivity index (χ1) is 15.2. The van der Waals surface area contributed by atoms with Gasteiger partial charge in [0.1, 0.15) is 5.75 Å². The van der Waals surface area contributed by atoms with E-state index in [2.05, 4.69) is 5.32 Å². The average molecular weight is 481 g/mol. The SMILES string of the molecule is COc1ccc(NC(=O)COC(=O)c2ccc(C)c(S(=O)(=O)N3CCCCC3)c2)cc1Cl. The van der Waals surface area contributed by atoms with Crippen molar-refractivity contribution in [2.24, 2.45) is 0 Å². The molecule has 172 valence electrons. The van der Waals surface area contributed by atoms with Gasteiger partial charge in [0.25, 0.3) is 5.91 Å². The quantitative estimate of drug-likeness (QED) is 0.607. The molecule has 2 aromatic carbocycles. The Kier molecular flexibility index (Phi) is 7.76. The molecule has 1 heterocycles. The molecule has 0 atom stereocenters. The molecule has 2 aromatic rings. The van der Waals surface area contributed by atoms with Crippen LogP contribution in [0.2, 0.25) is 5.02 Å². The summed E-state index contributed by atoms with van der Waals surface area (Å²) in [5.74, 6) is -0.887. The van der Waals surface area contributed by atoms with E-state index in [0.717, 1.165) is 19.3 Å². The third-order valence-corrected chi connectivity index (χ3v) is 7.46. The molecule has 0 aliphatic carbocycles. The minimum Gasteiger partial charge on any atom is -0.495 e.